The number of hydrogen-bond acceptors (Lipinski definition) is 4. The van der Waals surface area contributed by atoms with Gasteiger partial charge in [0, 0.05) is 30.5 Å². The van der Waals surface area contributed by atoms with Gasteiger partial charge < -0.3 is 15.0 Å². The van der Waals surface area contributed by atoms with E-state index in [2.05, 4.69) is 34.5 Å². The number of nitrogens with zero attached hydrogens (tertiary/aromatic N) is 3. The Balaban J connectivity index is 1.73. The van der Waals surface area contributed by atoms with Crippen LogP contribution in [0.3, 0.4) is 0 Å². The van der Waals surface area contributed by atoms with Crippen molar-refractivity contribution < 1.29 is 4.79 Å². The van der Waals surface area contributed by atoms with Crippen LogP contribution in [-0.2, 0) is 4.79 Å². The molecule has 3 aromatic rings. The van der Waals surface area contributed by atoms with Crippen molar-refractivity contribution in [1.82, 2.24) is 9.38 Å². The minimum atomic E-state index is 0.265. The highest BCUT2D eigenvalue weighted by atomic mass is 16.1. The molecule has 1 saturated heterocycles. The second kappa shape index (κ2) is 6.35. The van der Waals surface area contributed by atoms with Crippen molar-refractivity contribution in [1.29, 1.82) is 0 Å². The summed E-state index contributed by atoms with van der Waals surface area (Å²) in [6.45, 7) is 2.54. The maximum atomic E-state index is 10.8. The molecule has 0 saturated carbocycles. The van der Waals surface area contributed by atoms with Crippen LogP contribution in [-0.4, -0.2) is 35.3 Å². The number of aldehydes is 1. The van der Waals surface area contributed by atoms with Crippen LogP contribution >= 0.6 is 0 Å². The van der Waals surface area contributed by atoms with Gasteiger partial charge in [0.05, 0.1) is 6.54 Å². The summed E-state index contributed by atoms with van der Waals surface area (Å²) in [6.07, 6.45) is 5.36. The minimum Gasteiger partial charge on any atom is -0.372 e. The van der Waals surface area contributed by atoms with Gasteiger partial charge in [-0.25, -0.2) is 4.98 Å². The molecule has 0 aliphatic carbocycles. The zero-order chi connectivity index (χ0) is 16.4. The molecule has 1 fully saturated rings. The highest BCUT2D eigenvalue weighted by molar-refractivity contribution is 5.78. The van der Waals surface area contributed by atoms with Gasteiger partial charge in [-0.05, 0) is 37.1 Å². The molecule has 0 radical (unpaired) electrons. The number of carbonyl (C=O) groups is 1. The Kier molecular flexibility index (Phi) is 3.91. The average Bonchev–Trinajstić information content (AvgIpc) is 3.28. The zero-order valence-corrected chi connectivity index (χ0v) is 13.5. The summed E-state index contributed by atoms with van der Waals surface area (Å²) in [7, 11) is 0. The standard InChI is InChI=1S/C19H20N4O/c24-14-10-20-19-18(21-17-5-1-2-13-23(17)19)15-6-8-16(9-7-15)22-11-3-4-12-22/h1-2,5-9,13-14,20H,3-4,10-12H2. The summed E-state index contributed by atoms with van der Waals surface area (Å²) < 4.78 is 1.98. The van der Waals surface area contributed by atoms with Gasteiger partial charge in [0.2, 0.25) is 0 Å². The van der Waals surface area contributed by atoms with Crippen LogP contribution in [0.2, 0.25) is 0 Å². The SMILES string of the molecule is O=CCNc1c(-c2ccc(N3CCCC3)cc2)nc2ccccn12. The van der Waals surface area contributed by atoms with Crippen LogP contribution in [0.25, 0.3) is 16.9 Å². The Bertz CT molecular complexity index is 847. The number of pyridine rings is 1. The van der Waals surface area contributed by atoms with Crippen molar-refractivity contribution in [2.24, 2.45) is 0 Å². The molecule has 1 aliphatic heterocycles. The van der Waals surface area contributed by atoms with Crippen LogP contribution in [0.5, 0.6) is 0 Å². The predicted octanol–water partition coefficient (Wildman–Crippen LogP) is 3.21. The molecule has 1 aliphatic rings. The van der Waals surface area contributed by atoms with Crippen LogP contribution in [0.1, 0.15) is 12.8 Å². The number of aromatic nitrogens is 2. The fourth-order valence-electron chi connectivity index (χ4n) is 3.31. The van der Waals surface area contributed by atoms with Gasteiger partial charge in [-0.2, -0.15) is 0 Å². The molecule has 3 heterocycles. The molecule has 0 spiro atoms. The molecular weight excluding hydrogens is 300 g/mol. The lowest BCUT2D eigenvalue weighted by atomic mass is 10.1. The van der Waals surface area contributed by atoms with Crippen molar-refractivity contribution >= 4 is 23.4 Å². The number of carbonyl (C=O) groups excluding carboxylic acids is 1. The lowest BCUT2D eigenvalue weighted by Gasteiger charge is -2.17. The van der Waals surface area contributed by atoms with E-state index < -0.39 is 0 Å². The number of benzene rings is 1. The van der Waals surface area contributed by atoms with E-state index in [1.54, 1.807) is 0 Å². The molecule has 0 atom stereocenters. The number of nitrogens with one attached hydrogen (secondary N) is 1. The third-order valence-electron chi connectivity index (χ3n) is 4.49. The molecule has 1 aromatic carbocycles. The van der Waals surface area contributed by atoms with Crippen molar-refractivity contribution in [2.45, 2.75) is 12.8 Å². The summed E-state index contributed by atoms with van der Waals surface area (Å²) in [5.74, 6) is 0.853. The highest BCUT2D eigenvalue weighted by Gasteiger charge is 2.15. The number of anilines is 2. The Morgan fingerprint density at radius 3 is 2.62 bits per heavy atom. The van der Waals surface area contributed by atoms with Crippen LogP contribution in [0.4, 0.5) is 11.5 Å². The maximum absolute atomic E-state index is 10.8. The van der Waals surface area contributed by atoms with E-state index in [9.17, 15) is 4.79 Å². The molecule has 4 rings (SSSR count). The zero-order valence-electron chi connectivity index (χ0n) is 13.5. The van der Waals surface area contributed by atoms with Gasteiger partial charge in [-0.3, -0.25) is 4.40 Å². The summed E-state index contributed by atoms with van der Waals surface area (Å²) in [6, 6.07) is 14.4. The average molecular weight is 320 g/mol. The Labute approximate surface area is 140 Å². The molecule has 24 heavy (non-hydrogen) atoms. The molecule has 5 heteroatoms. The van der Waals surface area contributed by atoms with Gasteiger partial charge in [0.1, 0.15) is 23.4 Å². The van der Waals surface area contributed by atoms with Crippen molar-refractivity contribution in [3.8, 4) is 11.3 Å². The first-order chi connectivity index (χ1) is 11.9. The second-order valence-corrected chi connectivity index (χ2v) is 6.03. The number of rotatable bonds is 5. The molecule has 0 amide bonds. The third-order valence-corrected chi connectivity index (χ3v) is 4.49. The summed E-state index contributed by atoms with van der Waals surface area (Å²) in [5, 5.41) is 3.18. The Morgan fingerprint density at radius 2 is 1.88 bits per heavy atom. The summed E-state index contributed by atoms with van der Waals surface area (Å²) in [5.41, 5.74) is 4.05. The monoisotopic (exact) mass is 320 g/mol. The normalized spacial score (nSPS) is 14.2. The Hall–Kier alpha value is -2.82. The van der Waals surface area contributed by atoms with Gasteiger partial charge >= 0.3 is 0 Å². The third kappa shape index (κ3) is 2.62. The predicted molar refractivity (Wildman–Crippen MR) is 96.6 cm³/mol. The first-order valence-electron chi connectivity index (χ1n) is 8.37. The van der Waals surface area contributed by atoms with Crippen LogP contribution in [0.15, 0.2) is 48.7 Å². The van der Waals surface area contributed by atoms with Crippen molar-refractivity contribution in [3.05, 3.63) is 48.7 Å². The molecular formula is C19H20N4O. The van der Waals surface area contributed by atoms with Gasteiger partial charge in [-0.15, -0.1) is 0 Å². The molecule has 2 aromatic heterocycles. The van der Waals surface area contributed by atoms with Gasteiger partial charge in [-0.1, -0.05) is 18.2 Å². The molecule has 122 valence electrons. The van der Waals surface area contributed by atoms with Gasteiger partial charge in [0.25, 0.3) is 0 Å². The minimum absolute atomic E-state index is 0.265. The highest BCUT2D eigenvalue weighted by Crippen LogP contribution is 2.30. The molecule has 1 N–H and O–H groups in total. The van der Waals surface area contributed by atoms with E-state index in [0.717, 1.165) is 42.1 Å². The van der Waals surface area contributed by atoms with Crippen molar-refractivity contribution in [3.63, 3.8) is 0 Å². The first kappa shape index (κ1) is 14.8. The first-order valence-corrected chi connectivity index (χ1v) is 8.37. The fraction of sp³-hybridized carbons (Fsp3) is 0.263. The lowest BCUT2D eigenvalue weighted by Crippen LogP contribution is -2.17. The van der Waals surface area contributed by atoms with E-state index in [0.29, 0.717) is 0 Å². The molecule has 0 bridgehead atoms. The van der Waals surface area contributed by atoms with Crippen LogP contribution in [0, 0.1) is 0 Å². The maximum Gasteiger partial charge on any atom is 0.139 e. The van der Waals surface area contributed by atoms with E-state index in [-0.39, 0.29) is 6.54 Å². The largest absolute Gasteiger partial charge is 0.372 e. The summed E-state index contributed by atoms with van der Waals surface area (Å²) >= 11 is 0. The lowest BCUT2D eigenvalue weighted by molar-refractivity contribution is -0.106. The molecule has 0 unspecified atom stereocenters. The molecule has 5 nitrogen and oxygen atoms in total. The number of imidazole rings is 1. The summed E-state index contributed by atoms with van der Waals surface area (Å²) in [4.78, 5) is 17.9. The van der Waals surface area contributed by atoms with E-state index in [4.69, 9.17) is 4.98 Å². The van der Waals surface area contributed by atoms with E-state index in [1.165, 1.54) is 18.5 Å². The van der Waals surface area contributed by atoms with E-state index >= 15 is 0 Å². The quantitative estimate of drug-likeness (QED) is 0.733. The second-order valence-electron chi connectivity index (χ2n) is 6.03. The van der Waals surface area contributed by atoms with Gasteiger partial charge in [0.15, 0.2) is 0 Å². The Morgan fingerprint density at radius 1 is 1.08 bits per heavy atom. The fourth-order valence-corrected chi connectivity index (χ4v) is 3.31. The number of hydrogen-bond donors (Lipinski definition) is 1. The smallest absolute Gasteiger partial charge is 0.139 e. The number of fused-ring (bicyclic) bond motifs is 1. The topological polar surface area (TPSA) is 49.6 Å². The van der Waals surface area contributed by atoms with Crippen LogP contribution < -0.4 is 10.2 Å². The van der Waals surface area contributed by atoms with E-state index in [1.807, 2.05) is 28.8 Å². The van der Waals surface area contributed by atoms with Crippen molar-refractivity contribution in [2.75, 3.05) is 29.9 Å².